The van der Waals surface area contributed by atoms with Gasteiger partial charge in [0.1, 0.15) is 36.0 Å². The number of carbonyl (C=O) groups is 4. The molecule has 15 heteroatoms. The maximum Gasteiger partial charge on any atom is 0.414 e. The van der Waals surface area contributed by atoms with Gasteiger partial charge in [-0.2, -0.15) is 13.2 Å². The van der Waals surface area contributed by atoms with Gasteiger partial charge in [0.2, 0.25) is 6.41 Å². The smallest absolute Gasteiger partial charge is 0.414 e. The summed E-state index contributed by atoms with van der Waals surface area (Å²) in [6, 6.07) is 5.88. The Balaban J connectivity index is 0.000000253. The van der Waals surface area contributed by atoms with Crippen LogP contribution in [0.5, 0.6) is 11.5 Å². The Kier molecular flexibility index (Phi) is 23.2. The fourth-order valence-corrected chi connectivity index (χ4v) is 12.6. The Hall–Kier alpha value is -4.79. The molecule has 6 fully saturated rings. The van der Waals surface area contributed by atoms with E-state index in [2.05, 4.69) is 26.8 Å². The number of alkyl halides is 3. The number of carbonyl (C=O) groups excluding carboxylic acids is 3. The number of likely N-dealkylation sites (tertiary alicyclic amines) is 1. The average molecular weight is 1050 g/mol. The molecular weight excluding hydrogens is 960 g/mol. The number of hydrogen-bond donors (Lipinski definition) is 2. The molecule has 8 aliphatic rings. The fraction of sp³-hybridized carbons (Fsp3) is 0.661. The molecule has 0 spiro atoms. The number of carboxylic acid groups (broad SMARTS) is 1. The molecule has 2 heterocycles. The predicted octanol–water partition coefficient (Wildman–Crippen LogP) is 13.6. The van der Waals surface area contributed by atoms with Gasteiger partial charge in [-0.1, -0.05) is 66.2 Å². The summed E-state index contributed by atoms with van der Waals surface area (Å²) in [5.74, 6) is 2.43. The standard InChI is InChI=1S/C27H33F4NO2.C20H25FO.C6H9NO3.2C2H6.CH4O.CH2O/c1-16-7-18-8-17(2)12-26(11-16,13-18)15-34-24-10-23(28)22(9-21(24)19-3-4-19)25(33)32-6-5-20(14-32)27(29,30)31;1-13-7-15-5-6-20(10-13,11-15)12-22-19-9-18(21)14(2)8-17(19)16-3-4-16;8-4-7-3-1-2-5(7)6(9)10;4*1-2/h5,9-10,16-19H,3-4,6-8,11-15H2,1-2H3;5,8-9,13,16H,3-4,6-7,10-12H2,1-2H3;4-5H,1-3H2,(H,9,10);2*1-2H3;2H,1H3;1H2. The van der Waals surface area contributed by atoms with Crippen molar-refractivity contribution >= 4 is 25.1 Å². The lowest BCUT2D eigenvalue weighted by molar-refractivity contribution is -0.144. The van der Waals surface area contributed by atoms with Gasteiger partial charge in [0, 0.05) is 43.2 Å². The summed E-state index contributed by atoms with van der Waals surface area (Å²) in [7, 11) is 1.00. The van der Waals surface area contributed by atoms with Gasteiger partial charge in [-0.25, -0.2) is 13.6 Å². The molecule has 2 amide bonds. The van der Waals surface area contributed by atoms with Crippen molar-refractivity contribution in [3.05, 3.63) is 81.5 Å². The van der Waals surface area contributed by atoms with Crippen LogP contribution in [0.1, 0.15) is 184 Å². The van der Waals surface area contributed by atoms with Gasteiger partial charge in [0.05, 0.1) is 30.9 Å². The molecule has 4 bridgehead atoms. The molecule has 5 saturated carbocycles. The first-order chi connectivity index (χ1) is 35.3. The van der Waals surface area contributed by atoms with Gasteiger partial charge in [-0.05, 0) is 168 Å². The van der Waals surface area contributed by atoms with Crippen molar-refractivity contribution in [1.29, 1.82) is 0 Å². The normalized spacial score (nSPS) is 27.1. The predicted molar refractivity (Wildman–Crippen MR) is 279 cm³/mol. The summed E-state index contributed by atoms with van der Waals surface area (Å²) >= 11 is 0. The van der Waals surface area contributed by atoms with Crippen LogP contribution in [0.2, 0.25) is 0 Å². The number of aliphatic hydroxyl groups is 1. The van der Waals surface area contributed by atoms with E-state index in [1.54, 1.807) is 11.6 Å². The number of aryl methyl sites for hydroxylation is 1. The Morgan fingerprint density at radius 3 is 1.84 bits per heavy atom. The van der Waals surface area contributed by atoms with Crippen LogP contribution >= 0.6 is 0 Å². The molecule has 0 aromatic heterocycles. The van der Waals surface area contributed by atoms with Crippen LogP contribution < -0.4 is 9.47 Å². The summed E-state index contributed by atoms with van der Waals surface area (Å²) in [5.41, 5.74) is 3.85. The molecule has 5 atom stereocenters. The second-order valence-electron chi connectivity index (χ2n) is 21.8. The molecule has 1 saturated heterocycles. The monoisotopic (exact) mass is 1040 g/mol. The van der Waals surface area contributed by atoms with Gasteiger partial charge in [-0.3, -0.25) is 9.59 Å². The lowest BCUT2D eigenvalue weighted by Crippen LogP contribution is -2.43. The average Bonchev–Trinajstić information content (AvgIpc) is 4.27. The van der Waals surface area contributed by atoms with Gasteiger partial charge in [0.25, 0.3) is 5.91 Å². The largest absolute Gasteiger partial charge is 0.493 e. The molecule has 6 aliphatic carbocycles. The first-order valence-electron chi connectivity index (χ1n) is 27.1. The third-order valence-corrected chi connectivity index (χ3v) is 15.6. The molecule has 414 valence electrons. The van der Waals surface area contributed by atoms with E-state index in [4.69, 9.17) is 24.5 Å². The summed E-state index contributed by atoms with van der Waals surface area (Å²) in [6.07, 6.45) is 16.0. The minimum absolute atomic E-state index is 0.112. The highest BCUT2D eigenvalue weighted by Gasteiger charge is 2.46. The number of benzene rings is 2. The molecule has 10 rings (SSSR count). The van der Waals surface area contributed by atoms with Crippen molar-refractivity contribution in [2.24, 2.45) is 34.5 Å². The summed E-state index contributed by atoms with van der Waals surface area (Å²) in [6.45, 7) is 20.0. The van der Waals surface area contributed by atoms with E-state index in [1.165, 1.54) is 67.5 Å². The Labute approximate surface area is 437 Å². The molecule has 5 unspecified atom stereocenters. The number of rotatable bonds is 11. The number of fused-ring (bicyclic) bond motifs is 4. The van der Waals surface area contributed by atoms with Crippen LogP contribution in [0, 0.1) is 53.1 Å². The van der Waals surface area contributed by atoms with Crippen LogP contribution in [-0.2, 0) is 14.4 Å². The second-order valence-corrected chi connectivity index (χ2v) is 21.8. The molecule has 10 nitrogen and oxygen atoms in total. The van der Waals surface area contributed by atoms with Crippen LogP contribution in [0.3, 0.4) is 0 Å². The molecule has 0 radical (unpaired) electrons. The van der Waals surface area contributed by atoms with E-state index in [0.717, 1.165) is 98.4 Å². The Morgan fingerprint density at radius 2 is 1.32 bits per heavy atom. The van der Waals surface area contributed by atoms with E-state index in [9.17, 15) is 31.9 Å². The zero-order chi connectivity index (χ0) is 55.1. The SMILES string of the molecule is C=O.CC.CC.CC1CC2CC(C)CC(COc3cc(F)c(C(=O)N4CC=C(C(F)(F)F)C4)cc3C3CC3)(C1)C2.CO.Cc1cc(C2CC2)c(OCC23CC=C(CC(C)C2)C3)cc1F.O=CN1CCCC1C(=O)O. The summed E-state index contributed by atoms with van der Waals surface area (Å²) in [5, 5.41) is 15.5. The zero-order valence-corrected chi connectivity index (χ0v) is 45.6. The molecule has 2 aliphatic heterocycles. The van der Waals surface area contributed by atoms with Crippen molar-refractivity contribution in [1.82, 2.24) is 9.80 Å². The number of ether oxygens (including phenoxy) is 2. The van der Waals surface area contributed by atoms with Gasteiger partial charge in [-0.15, -0.1) is 0 Å². The van der Waals surface area contributed by atoms with E-state index < -0.39 is 42.0 Å². The minimum Gasteiger partial charge on any atom is -0.493 e. The van der Waals surface area contributed by atoms with Crippen LogP contribution in [-0.4, -0.2) is 97.3 Å². The van der Waals surface area contributed by atoms with Crippen LogP contribution in [0.25, 0.3) is 0 Å². The van der Waals surface area contributed by atoms with Crippen LogP contribution in [0.4, 0.5) is 22.0 Å². The van der Waals surface area contributed by atoms with E-state index >= 15 is 4.39 Å². The molecular formula is C59H85F5N2O8. The summed E-state index contributed by atoms with van der Waals surface area (Å²) in [4.78, 5) is 43.8. The van der Waals surface area contributed by atoms with Crippen molar-refractivity contribution < 1.29 is 60.8 Å². The van der Waals surface area contributed by atoms with Crippen molar-refractivity contribution in [2.75, 3.05) is 40.0 Å². The number of halogens is 5. The minimum atomic E-state index is -4.48. The van der Waals surface area contributed by atoms with E-state index in [-0.39, 0.29) is 34.7 Å². The quantitative estimate of drug-likeness (QED) is 0.129. The van der Waals surface area contributed by atoms with Gasteiger partial charge >= 0.3 is 12.1 Å². The van der Waals surface area contributed by atoms with Crippen molar-refractivity contribution in [2.45, 2.75) is 176 Å². The zero-order valence-electron chi connectivity index (χ0n) is 45.6. The fourth-order valence-electron chi connectivity index (χ4n) is 12.6. The highest BCUT2D eigenvalue weighted by molar-refractivity contribution is 5.95. The maximum absolute atomic E-state index is 15.1. The first-order valence-corrected chi connectivity index (χ1v) is 27.1. The number of hydrogen-bond acceptors (Lipinski definition) is 7. The number of carboxylic acids is 1. The lowest BCUT2D eigenvalue weighted by Gasteiger charge is -2.49. The number of aliphatic hydroxyl groups excluding tert-OH is 1. The van der Waals surface area contributed by atoms with Crippen LogP contribution in [0.15, 0.2) is 47.6 Å². The first kappa shape index (κ1) is 61.8. The topological polar surface area (TPSA) is 134 Å². The highest BCUT2D eigenvalue weighted by atomic mass is 19.4. The molecule has 2 aromatic carbocycles. The lowest BCUT2D eigenvalue weighted by atomic mass is 9.57. The number of allylic oxidation sites excluding steroid dienone is 2. The van der Waals surface area contributed by atoms with Gasteiger partial charge in [0.15, 0.2) is 0 Å². The third-order valence-electron chi connectivity index (χ3n) is 15.6. The third kappa shape index (κ3) is 16.1. The van der Waals surface area contributed by atoms with Crippen molar-refractivity contribution in [3.8, 4) is 11.5 Å². The van der Waals surface area contributed by atoms with Gasteiger partial charge < -0.3 is 34.3 Å². The molecule has 2 aromatic rings. The number of aliphatic carboxylic acids is 1. The highest BCUT2D eigenvalue weighted by Crippen LogP contribution is 2.54. The van der Waals surface area contributed by atoms with E-state index in [0.29, 0.717) is 49.5 Å². The van der Waals surface area contributed by atoms with E-state index in [1.807, 2.05) is 47.5 Å². The number of nitrogens with zero attached hydrogens (tertiary/aromatic N) is 2. The second kappa shape index (κ2) is 27.8. The Bertz CT molecular complexity index is 2220. The molecule has 74 heavy (non-hydrogen) atoms. The Morgan fingerprint density at radius 1 is 0.784 bits per heavy atom. The molecule has 2 N–H and O–H groups in total. The van der Waals surface area contributed by atoms with Crippen molar-refractivity contribution in [3.63, 3.8) is 0 Å². The summed E-state index contributed by atoms with van der Waals surface area (Å²) < 4.78 is 80.6. The number of amides is 2. The maximum atomic E-state index is 15.1.